The molecule has 1 aromatic heterocycles. The van der Waals surface area contributed by atoms with E-state index in [0.29, 0.717) is 17.2 Å². The lowest BCUT2D eigenvalue weighted by molar-refractivity contribution is 0.0595. The van der Waals surface area contributed by atoms with Crippen LogP contribution in [0.3, 0.4) is 0 Å². The highest BCUT2D eigenvalue weighted by Crippen LogP contribution is 2.27. The number of esters is 1. The van der Waals surface area contributed by atoms with E-state index in [1.165, 1.54) is 7.11 Å². The van der Waals surface area contributed by atoms with E-state index in [1.54, 1.807) is 0 Å². The number of carbonyl (C=O) groups excluding carboxylic acids is 1. The molecule has 4 nitrogen and oxygen atoms in total. The zero-order valence-electron chi connectivity index (χ0n) is 12.5. The molecule has 0 saturated heterocycles. The number of aromatic nitrogens is 2. The molecule has 3 rings (SSSR count). The van der Waals surface area contributed by atoms with Crippen LogP contribution in [0.25, 0.3) is 22.6 Å². The number of methoxy groups -OCH3 is 1. The van der Waals surface area contributed by atoms with Gasteiger partial charge in [0.2, 0.25) is 0 Å². The molecule has 0 atom stereocenters. The Kier molecular flexibility index (Phi) is 3.74. The fourth-order valence-electron chi connectivity index (χ4n) is 2.36. The van der Waals surface area contributed by atoms with Gasteiger partial charge in [0.05, 0.1) is 12.8 Å². The first kappa shape index (κ1) is 14.1. The lowest BCUT2D eigenvalue weighted by Crippen LogP contribution is -2.03. The molecule has 0 amide bonds. The van der Waals surface area contributed by atoms with Crippen molar-refractivity contribution >= 4 is 5.97 Å². The molecule has 0 saturated carbocycles. The van der Waals surface area contributed by atoms with Crippen LogP contribution in [0.15, 0.2) is 54.6 Å². The highest BCUT2D eigenvalue weighted by molar-refractivity contribution is 5.95. The van der Waals surface area contributed by atoms with Crippen LogP contribution in [0.5, 0.6) is 0 Å². The second-order valence-electron chi connectivity index (χ2n) is 5.04. The normalized spacial score (nSPS) is 10.5. The molecule has 1 heterocycles. The Morgan fingerprint density at radius 3 is 2.45 bits per heavy atom. The van der Waals surface area contributed by atoms with E-state index in [2.05, 4.69) is 9.97 Å². The second kappa shape index (κ2) is 5.85. The van der Waals surface area contributed by atoms with Gasteiger partial charge in [0.25, 0.3) is 0 Å². The van der Waals surface area contributed by atoms with Gasteiger partial charge in [-0.05, 0) is 13.0 Å². The molecule has 0 bridgehead atoms. The van der Waals surface area contributed by atoms with Crippen LogP contribution in [0.1, 0.15) is 16.1 Å². The number of rotatable bonds is 3. The Morgan fingerprint density at radius 1 is 1.05 bits per heavy atom. The van der Waals surface area contributed by atoms with Gasteiger partial charge >= 0.3 is 5.97 Å². The van der Waals surface area contributed by atoms with E-state index in [9.17, 15) is 4.79 Å². The molecular formula is C18H16N2O2. The Bertz CT molecular complexity index is 807. The average molecular weight is 292 g/mol. The van der Waals surface area contributed by atoms with Crippen LogP contribution in [-0.4, -0.2) is 23.0 Å². The summed E-state index contributed by atoms with van der Waals surface area (Å²) in [6.07, 6.45) is 0. The van der Waals surface area contributed by atoms with Gasteiger partial charge in [-0.2, -0.15) is 0 Å². The number of carbonyl (C=O) groups is 1. The Hall–Kier alpha value is -2.88. The van der Waals surface area contributed by atoms with Crippen molar-refractivity contribution in [2.75, 3.05) is 7.11 Å². The van der Waals surface area contributed by atoms with Gasteiger partial charge in [-0.15, -0.1) is 0 Å². The number of imidazole rings is 1. The van der Waals surface area contributed by atoms with Crippen molar-refractivity contribution in [2.45, 2.75) is 6.92 Å². The van der Waals surface area contributed by atoms with Crippen molar-refractivity contribution in [1.82, 2.24) is 9.97 Å². The number of ether oxygens (including phenoxy) is 1. The van der Waals surface area contributed by atoms with Crippen LogP contribution in [0.2, 0.25) is 0 Å². The van der Waals surface area contributed by atoms with Gasteiger partial charge in [-0.25, -0.2) is 9.78 Å². The molecule has 0 aliphatic heterocycles. The SMILES string of the molecule is COC(=O)c1nc(-c2ccccc2)[nH]c1-c1cccc(C)c1. The summed E-state index contributed by atoms with van der Waals surface area (Å²) >= 11 is 0. The number of nitrogens with zero attached hydrogens (tertiary/aromatic N) is 1. The first-order chi connectivity index (χ1) is 10.7. The molecule has 22 heavy (non-hydrogen) atoms. The maximum Gasteiger partial charge on any atom is 0.358 e. The van der Waals surface area contributed by atoms with Crippen LogP contribution < -0.4 is 0 Å². The zero-order chi connectivity index (χ0) is 15.5. The molecule has 1 N–H and O–H groups in total. The number of benzene rings is 2. The lowest BCUT2D eigenvalue weighted by Gasteiger charge is -2.02. The van der Waals surface area contributed by atoms with Crippen molar-refractivity contribution in [2.24, 2.45) is 0 Å². The third kappa shape index (κ3) is 2.63. The molecule has 3 aromatic rings. The van der Waals surface area contributed by atoms with Crippen LogP contribution >= 0.6 is 0 Å². The summed E-state index contributed by atoms with van der Waals surface area (Å²) in [5.41, 5.74) is 3.92. The Morgan fingerprint density at radius 2 is 1.77 bits per heavy atom. The molecule has 110 valence electrons. The fraction of sp³-hybridized carbons (Fsp3) is 0.111. The van der Waals surface area contributed by atoms with Crippen LogP contribution in [-0.2, 0) is 4.74 Å². The molecule has 0 radical (unpaired) electrons. The summed E-state index contributed by atoms with van der Waals surface area (Å²) in [5, 5.41) is 0. The highest BCUT2D eigenvalue weighted by Gasteiger charge is 2.20. The zero-order valence-corrected chi connectivity index (χ0v) is 12.5. The summed E-state index contributed by atoms with van der Waals surface area (Å²) in [5.74, 6) is 0.201. The van der Waals surface area contributed by atoms with Gasteiger partial charge < -0.3 is 9.72 Å². The summed E-state index contributed by atoms with van der Waals surface area (Å²) in [6, 6.07) is 17.6. The molecule has 4 heteroatoms. The van der Waals surface area contributed by atoms with Gasteiger partial charge in [0.15, 0.2) is 5.69 Å². The third-order valence-electron chi connectivity index (χ3n) is 3.44. The van der Waals surface area contributed by atoms with E-state index >= 15 is 0 Å². The molecule has 0 aliphatic carbocycles. The Balaban J connectivity index is 2.16. The number of hydrogen-bond donors (Lipinski definition) is 1. The predicted molar refractivity (Wildman–Crippen MR) is 85.5 cm³/mol. The van der Waals surface area contributed by atoms with Crippen molar-refractivity contribution in [3.8, 4) is 22.6 Å². The van der Waals surface area contributed by atoms with E-state index < -0.39 is 5.97 Å². The molecule has 0 spiro atoms. The van der Waals surface area contributed by atoms with E-state index in [-0.39, 0.29) is 0 Å². The monoisotopic (exact) mass is 292 g/mol. The quantitative estimate of drug-likeness (QED) is 0.746. The van der Waals surface area contributed by atoms with Crippen molar-refractivity contribution < 1.29 is 9.53 Å². The average Bonchev–Trinajstić information content (AvgIpc) is 3.00. The summed E-state index contributed by atoms with van der Waals surface area (Å²) in [6.45, 7) is 2.01. The van der Waals surface area contributed by atoms with E-state index in [1.807, 2.05) is 61.5 Å². The second-order valence-corrected chi connectivity index (χ2v) is 5.04. The molecular weight excluding hydrogens is 276 g/mol. The third-order valence-corrected chi connectivity index (χ3v) is 3.44. The maximum atomic E-state index is 12.0. The summed E-state index contributed by atoms with van der Waals surface area (Å²) < 4.78 is 4.86. The number of H-pyrrole nitrogens is 1. The van der Waals surface area contributed by atoms with Crippen molar-refractivity contribution in [1.29, 1.82) is 0 Å². The van der Waals surface area contributed by atoms with Crippen molar-refractivity contribution in [3.05, 3.63) is 65.9 Å². The van der Waals surface area contributed by atoms with Crippen LogP contribution in [0.4, 0.5) is 0 Å². The summed E-state index contributed by atoms with van der Waals surface area (Å²) in [7, 11) is 1.36. The Labute approximate surface area is 128 Å². The van der Waals surface area contributed by atoms with Crippen molar-refractivity contribution in [3.63, 3.8) is 0 Å². The van der Waals surface area contributed by atoms with Gasteiger partial charge in [0, 0.05) is 11.1 Å². The number of hydrogen-bond acceptors (Lipinski definition) is 3. The largest absolute Gasteiger partial charge is 0.464 e. The lowest BCUT2D eigenvalue weighted by atomic mass is 10.1. The fourth-order valence-corrected chi connectivity index (χ4v) is 2.36. The standard InChI is InChI=1S/C18H16N2O2/c1-12-7-6-10-14(11-12)15-16(18(21)22-2)20-17(19-15)13-8-4-3-5-9-13/h3-11H,1-2H3,(H,19,20). The topological polar surface area (TPSA) is 55.0 Å². The smallest absolute Gasteiger partial charge is 0.358 e. The molecule has 2 aromatic carbocycles. The molecule has 0 fully saturated rings. The first-order valence-electron chi connectivity index (χ1n) is 7.00. The van der Waals surface area contributed by atoms with Gasteiger partial charge in [0.1, 0.15) is 5.82 Å². The van der Waals surface area contributed by atoms with Crippen LogP contribution in [0, 0.1) is 6.92 Å². The van der Waals surface area contributed by atoms with E-state index in [0.717, 1.165) is 16.7 Å². The molecule has 0 unspecified atom stereocenters. The number of nitrogens with one attached hydrogen (secondary N) is 1. The minimum atomic E-state index is -0.449. The van der Waals surface area contributed by atoms with E-state index in [4.69, 9.17) is 4.74 Å². The number of aryl methyl sites for hydroxylation is 1. The summed E-state index contributed by atoms with van der Waals surface area (Å²) in [4.78, 5) is 19.7. The molecule has 0 aliphatic rings. The first-order valence-corrected chi connectivity index (χ1v) is 7.00. The van der Waals surface area contributed by atoms with Gasteiger partial charge in [-0.1, -0.05) is 54.1 Å². The minimum absolute atomic E-state index is 0.298. The van der Waals surface area contributed by atoms with Gasteiger partial charge in [-0.3, -0.25) is 0 Å². The predicted octanol–water partition coefficient (Wildman–Crippen LogP) is 3.84. The number of aromatic amines is 1. The highest BCUT2D eigenvalue weighted by atomic mass is 16.5. The minimum Gasteiger partial charge on any atom is -0.464 e. The maximum absolute atomic E-state index is 12.0.